The lowest BCUT2D eigenvalue weighted by Gasteiger charge is -2.45. The Labute approximate surface area is 147 Å². The van der Waals surface area contributed by atoms with Gasteiger partial charge in [-0.1, -0.05) is 59.2 Å². The van der Waals surface area contributed by atoms with E-state index in [2.05, 4.69) is 22.2 Å². The van der Waals surface area contributed by atoms with Gasteiger partial charge in [-0.3, -0.25) is 0 Å². The summed E-state index contributed by atoms with van der Waals surface area (Å²) in [7, 11) is 0. The van der Waals surface area contributed by atoms with E-state index < -0.39 is 5.54 Å². The first-order chi connectivity index (χ1) is 11.6. The zero-order valence-corrected chi connectivity index (χ0v) is 14.4. The minimum Gasteiger partial charge on any atom is -0.376 e. The van der Waals surface area contributed by atoms with Gasteiger partial charge in [-0.25, -0.2) is 0 Å². The normalized spacial score (nSPS) is 22.5. The third kappa shape index (κ3) is 3.41. The van der Waals surface area contributed by atoms with Gasteiger partial charge in [0.15, 0.2) is 0 Å². The highest BCUT2D eigenvalue weighted by atomic mass is 35.5. The van der Waals surface area contributed by atoms with E-state index in [4.69, 9.17) is 21.9 Å². The molecule has 4 nitrogen and oxygen atoms in total. The van der Waals surface area contributed by atoms with E-state index in [0.717, 1.165) is 24.0 Å². The molecular formula is C19H20ClN3O. The van der Waals surface area contributed by atoms with Crippen molar-refractivity contribution in [2.75, 3.05) is 6.61 Å². The van der Waals surface area contributed by atoms with Crippen molar-refractivity contribution < 1.29 is 4.74 Å². The van der Waals surface area contributed by atoms with Crippen LogP contribution in [0.1, 0.15) is 29.5 Å². The molecule has 0 saturated heterocycles. The van der Waals surface area contributed by atoms with E-state index in [1.807, 2.05) is 43.3 Å². The first-order valence-corrected chi connectivity index (χ1v) is 8.46. The van der Waals surface area contributed by atoms with Gasteiger partial charge in [0.2, 0.25) is 0 Å². The standard InChI is InChI=1S/C19H20ClN3O/c1-14-17(8-5-9-18(14)20)19(22-23-21)10-16(11-19)13-24-12-15-6-3-2-4-7-15/h2-9,16H,10-13H2,1H3. The Morgan fingerprint density at radius 2 is 1.96 bits per heavy atom. The van der Waals surface area contributed by atoms with Crippen molar-refractivity contribution in [2.24, 2.45) is 11.0 Å². The number of hydrogen-bond donors (Lipinski definition) is 0. The van der Waals surface area contributed by atoms with Gasteiger partial charge >= 0.3 is 0 Å². The van der Waals surface area contributed by atoms with Crippen LogP contribution < -0.4 is 0 Å². The molecule has 1 aliphatic rings. The van der Waals surface area contributed by atoms with Crippen LogP contribution in [0.15, 0.2) is 53.6 Å². The summed E-state index contributed by atoms with van der Waals surface area (Å²) in [5, 5.41) is 4.83. The molecule has 0 aliphatic heterocycles. The maximum atomic E-state index is 8.99. The summed E-state index contributed by atoms with van der Waals surface area (Å²) in [5.41, 5.74) is 11.7. The van der Waals surface area contributed by atoms with Crippen molar-refractivity contribution >= 4 is 11.6 Å². The van der Waals surface area contributed by atoms with E-state index in [1.165, 1.54) is 5.56 Å². The smallest absolute Gasteiger partial charge is 0.0748 e. The highest BCUT2D eigenvalue weighted by Crippen LogP contribution is 2.50. The van der Waals surface area contributed by atoms with Crippen molar-refractivity contribution in [3.63, 3.8) is 0 Å². The largest absolute Gasteiger partial charge is 0.376 e. The van der Waals surface area contributed by atoms with Crippen molar-refractivity contribution in [1.29, 1.82) is 0 Å². The highest BCUT2D eigenvalue weighted by molar-refractivity contribution is 6.31. The minimum absolute atomic E-state index is 0.401. The zero-order chi connectivity index (χ0) is 17.0. The number of halogens is 1. The van der Waals surface area contributed by atoms with E-state index in [9.17, 15) is 0 Å². The fourth-order valence-electron chi connectivity index (χ4n) is 3.48. The summed E-state index contributed by atoms with van der Waals surface area (Å²) >= 11 is 6.23. The molecule has 3 rings (SSSR count). The lowest BCUT2D eigenvalue weighted by atomic mass is 9.64. The molecule has 0 unspecified atom stereocenters. The fraction of sp³-hybridized carbons (Fsp3) is 0.368. The third-order valence-electron chi connectivity index (χ3n) is 4.72. The topological polar surface area (TPSA) is 58.0 Å². The molecule has 124 valence electrons. The molecule has 2 aromatic rings. The second kappa shape index (κ2) is 7.27. The minimum atomic E-state index is -0.482. The molecule has 1 fully saturated rings. The van der Waals surface area contributed by atoms with Crippen LogP contribution in [0.5, 0.6) is 0 Å². The van der Waals surface area contributed by atoms with Crippen LogP contribution in [0.3, 0.4) is 0 Å². The molecule has 0 heterocycles. The van der Waals surface area contributed by atoms with Gasteiger partial charge in [0.25, 0.3) is 0 Å². The van der Waals surface area contributed by atoms with Crippen LogP contribution in [-0.4, -0.2) is 6.61 Å². The maximum Gasteiger partial charge on any atom is 0.0748 e. The molecule has 0 spiro atoms. The predicted molar refractivity (Wildman–Crippen MR) is 95.8 cm³/mol. The number of nitrogens with zero attached hydrogens (tertiary/aromatic N) is 3. The Morgan fingerprint density at radius 1 is 1.21 bits per heavy atom. The molecule has 5 heteroatoms. The van der Waals surface area contributed by atoms with Crippen LogP contribution in [-0.2, 0) is 16.9 Å². The number of rotatable bonds is 6. The van der Waals surface area contributed by atoms with Crippen LogP contribution in [0, 0.1) is 12.8 Å². The van der Waals surface area contributed by atoms with E-state index >= 15 is 0 Å². The van der Waals surface area contributed by atoms with Crippen LogP contribution in [0.2, 0.25) is 5.02 Å². The molecule has 2 aromatic carbocycles. The fourth-order valence-corrected chi connectivity index (χ4v) is 3.66. The van der Waals surface area contributed by atoms with Crippen molar-refractivity contribution in [1.82, 2.24) is 0 Å². The van der Waals surface area contributed by atoms with Crippen LogP contribution in [0.4, 0.5) is 0 Å². The molecular weight excluding hydrogens is 322 g/mol. The first kappa shape index (κ1) is 16.8. The molecule has 0 radical (unpaired) electrons. The highest BCUT2D eigenvalue weighted by Gasteiger charge is 2.46. The van der Waals surface area contributed by atoms with Gasteiger partial charge in [0, 0.05) is 16.5 Å². The van der Waals surface area contributed by atoms with Crippen molar-refractivity contribution in [2.45, 2.75) is 31.9 Å². The van der Waals surface area contributed by atoms with Crippen molar-refractivity contribution in [3.05, 3.63) is 80.7 Å². The molecule has 1 aliphatic carbocycles. The molecule has 0 amide bonds. The second-order valence-electron chi connectivity index (χ2n) is 6.41. The summed E-state index contributed by atoms with van der Waals surface area (Å²) in [6.45, 7) is 3.27. The molecule has 0 atom stereocenters. The van der Waals surface area contributed by atoms with Crippen LogP contribution in [0.25, 0.3) is 10.4 Å². The summed E-state index contributed by atoms with van der Waals surface area (Å²) < 4.78 is 5.82. The molecule has 0 N–H and O–H groups in total. The Hall–Kier alpha value is -2.00. The SMILES string of the molecule is Cc1c(Cl)cccc1C1(N=[N+]=[N-])CC(COCc2ccccc2)C1. The quantitative estimate of drug-likeness (QED) is 0.373. The summed E-state index contributed by atoms with van der Waals surface area (Å²) in [6.07, 6.45) is 1.60. The van der Waals surface area contributed by atoms with Gasteiger partial charge in [-0.05, 0) is 54.0 Å². The number of azide groups is 1. The Bertz CT molecular complexity index is 750. The van der Waals surface area contributed by atoms with Gasteiger partial charge < -0.3 is 4.74 Å². The predicted octanol–water partition coefficient (Wildman–Crippen LogP) is 5.78. The molecule has 1 saturated carbocycles. The van der Waals surface area contributed by atoms with Gasteiger partial charge in [-0.2, -0.15) is 0 Å². The van der Waals surface area contributed by atoms with E-state index in [-0.39, 0.29) is 0 Å². The number of ether oxygens (including phenoxy) is 1. The van der Waals surface area contributed by atoms with E-state index in [0.29, 0.717) is 24.2 Å². The average molecular weight is 342 g/mol. The Balaban J connectivity index is 1.62. The molecule has 0 bridgehead atoms. The van der Waals surface area contributed by atoms with Gasteiger partial charge in [0.1, 0.15) is 0 Å². The second-order valence-corrected chi connectivity index (χ2v) is 6.82. The monoisotopic (exact) mass is 341 g/mol. The summed E-state index contributed by atoms with van der Waals surface area (Å²) in [5.74, 6) is 0.401. The zero-order valence-electron chi connectivity index (χ0n) is 13.7. The maximum absolute atomic E-state index is 8.99. The number of hydrogen-bond acceptors (Lipinski definition) is 2. The van der Waals surface area contributed by atoms with Crippen molar-refractivity contribution in [3.8, 4) is 0 Å². The lowest BCUT2D eigenvalue weighted by Crippen LogP contribution is -2.41. The number of benzene rings is 2. The van der Waals surface area contributed by atoms with Gasteiger partial charge in [-0.15, -0.1) is 0 Å². The van der Waals surface area contributed by atoms with Crippen LogP contribution >= 0.6 is 11.6 Å². The summed E-state index contributed by atoms with van der Waals surface area (Å²) in [4.78, 5) is 3.08. The molecule has 0 aromatic heterocycles. The van der Waals surface area contributed by atoms with Gasteiger partial charge in [0.05, 0.1) is 12.1 Å². The summed E-state index contributed by atoms with van der Waals surface area (Å²) in [6, 6.07) is 15.9. The lowest BCUT2D eigenvalue weighted by molar-refractivity contribution is 0.0212. The third-order valence-corrected chi connectivity index (χ3v) is 5.13. The Morgan fingerprint density at radius 3 is 2.67 bits per heavy atom. The molecule has 24 heavy (non-hydrogen) atoms. The Kier molecular flexibility index (Phi) is 5.10. The first-order valence-electron chi connectivity index (χ1n) is 8.08. The average Bonchev–Trinajstić information content (AvgIpc) is 2.56. The van der Waals surface area contributed by atoms with E-state index in [1.54, 1.807) is 0 Å².